The van der Waals surface area contributed by atoms with Crippen LogP contribution in [0, 0.1) is 45.3 Å². The second-order valence-electron chi connectivity index (χ2n) is 18.3. The maximum absolute atomic E-state index is 10.2. The molecule has 0 spiro atoms. The van der Waals surface area contributed by atoms with Crippen LogP contribution in [0.5, 0.6) is 0 Å². The van der Waals surface area contributed by atoms with Gasteiger partial charge in [0.05, 0.1) is 74.3 Å². The van der Waals surface area contributed by atoms with Crippen molar-refractivity contribution in [3.05, 3.63) is 241 Å². The van der Waals surface area contributed by atoms with Gasteiger partial charge in [-0.2, -0.15) is 21.0 Å². The molecule has 4 heterocycles. The van der Waals surface area contributed by atoms with E-state index in [9.17, 15) is 21.0 Å². The molecule has 13 rings (SSSR count). The third kappa shape index (κ3) is 7.47. The Morgan fingerprint density at radius 3 is 1.37 bits per heavy atom. The fourth-order valence-corrected chi connectivity index (χ4v) is 10.5. The molecule has 0 aliphatic heterocycles. The summed E-state index contributed by atoms with van der Waals surface area (Å²) >= 11 is 0. The number of hydrogen-bond donors (Lipinski definition) is 0. The van der Waals surface area contributed by atoms with Crippen molar-refractivity contribution in [2.45, 2.75) is 0 Å². The van der Waals surface area contributed by atoms with Crippen molar-refractivity contribution in [2.75, 3.05) is 0 Å². The monoisotopic (exact) mass is 968 g/mol. The molecule has 0 unspecified atom stereocenters. The molecule has 0 saturated carbocycles. The Bertz CT molecular complexity index is 4640. The lowest BCUT2D eigenvalue weighted by atomic mass is 9.96. The van der Waals surface area contributed by atoms with Crippen molar-refractivity contribution < 1.29 is 0 Å². The number of fused-ring (bicyclic) bond motifs is 6. The fourth-order valence-electron chi connectivity index (χ4n) is 10.5. The maximum Gasteiger partial charge on any atom is 0.164 e. The molecule has 350 valence electrons. The number of aromatic nitrogens is 6. The molecule has 0 N–H and O–H groups in total. The van der Waals surface area contributed by atoms with Gasteiger partial charge in [0.1, 0.15) is 0 Å². The summed E-state index contributed by atoms with van der Waals surface area (Å²) in [7, 11) is 0. The van der Waals surface area contributed by atoms with Crippen LogP contribution in [0.1, 0.15) is 22.3 Å². The largest absolute Gasteiger partial charge is 0.309 e. The van der Waals surface area contributed by atoms with Crippen LogP contribution >= 0.6 is 0 Å². The highest BCUT2D eigenvalue weighted by Crippen LogP contribution is 2.43. The third-order valence-corrected chi connectivity index (χ3v) is 14.0. The summed E-state index contributed by atoms with van der Waals surface area (Å²) in [5.41, 5.74) is 14.7. The number of pyridine rings is 1. The lowest BCUT2D eigenvalue weighted by molar-refractivity contribution is 1.07. The van der Waals surface area contributed by atoms with Gasteiger partial charge in [0, 0.05) is 61.9 Å². The van der Waals surface area contributed by atoms with E-state index in [2.05, 4.69) is 100 Å². The van der Waals surface area contributed by atoms with E-state index in [1.54, 1.807) is 24.3 Å². The Kier molecular flexibility index (Phi) is 10.8. The Morgan fingerprint density at radius 2 is 0.816 bits per heavy atom. The molecular weight excluding hydrogens is 933 g/mol. The van der Waals surface area contributed by atoms with E-state index in [1.165, 1.54) is 0 Å². The first-order chi connectivity index (χ1) is 37.5. The molecule has 0 aliphatic rings. The molecular formula is C66H36N10. The van der Waals surface area contributed by atoms with Crippen LogP contribution in [0.2, 0.25) is 0 Å². The molecule has 4 aromatic heterocycles. The molecule has 0 radical (unpaired) electrons. The van der Waals surface area contributed by atoms with Gasteiger partial charge < -0.3 is 9.13 Å². The second-order valence-corrected chi connectivity index (χ2v) is 18.3. The Hall–Kier alpha value is -11.3. The molecule has 0 saturated heterocycles. The molecule has 0 atom stereocenters. The van der Waals surface area contributed by atoms with E-state index in [4.69, 9.17) is 19.9 Å². The fraction of sp³-hybridized carbons (Fsp3) is 0. The van der Waals surface area contributed by atoms with Crippen molar-refractivity contribution in [3.8, 4) is 103 Å². The zero-order valence-corrected chi connectivity index (χ0v) is 40.3. The van der Waals surface area contributed by atoms with Crippen LogP contribution in [-0.2, 0) is 0 Å². The van der Waals surface area contributed by atoms with Gasteiger partial charge in [-0.25, -0.2) is 15.0 Å². The number of nitriles is 4. The highest BCUT2D eigenvalue weighted by atomic mass is 15.0. The number of benzene rings is 9. The van der Waals surface area contributed by atoms with Gasteiger partial charge in [-0.3, -0.25) is 4.98 Å². The van der Waals surface area contributed by atoms with Crippen LogP contribution < -0.4 is 0 Å². The Morgan fingerprint density at radius 1 is 0.329 bits per heavy atom. The lowest BCUT2D eigenvalue weighted by Gasteiger charge is -2.18. The number of rotatable bonds is 8. The van der Waals surface area contributed by atoms with Crippen LogP contribution in [0.15, 0.2) is 219 Å². The number of para-hydroxylation sites is 2. The van der Waals surface area contributed by atoms with E-state index < -0.39 is 0 Å². The van der Waals surface area contributed by atoms with Crippen LogP contribution in [0.25, 0.3) is 123 Å². The third-order valence-electron chi connectivity index (χ3n) is 14.0. The maximum atomic E-state index is 10.2. The summed E-state index contributed by atoms with van der Waals surface area (Å²) in [5, 5.41) is 43.7. The summed E-state index contributed by atoms with van der Waals surface area (Å²) in [6.07, 6.45) is 3.72. The Balaban J connectivity index is 1.07. The smallest absolute Gasteiger partial charge is 0.164 e. The van der Waals surface area contributed by atoms with Crippen molar-refractivity contribution in [1.82, 2.24) is 29.1 Å². The topological polar surface area (TPSA) is 157 Å². The summed E-state index contributed by atoms with van der Waals surface area (Å²) < 4.78 is 4.53. The van der Waals surface area contributed by atoms with Gasteiger partial charge in [0.2, 0.25) is 0 Å². The van der Waals surface area contributed by atoms with E-state index >= 15 is 0 Å². The van der Waals surface area contributed by atoms with Gasteiger partial charge in [-0.05, 0) is 113 Å². The van der Waals surface area contributed by atoms with Crippen molar-refractivity contribution in [2.24, 2.45) is 0 Å². The first-order valence-electron chi connectivity index (χ1n) is 24.4. The van der Waals surface area contributed by atoms with Crippen LogP contribution in [0.4, 0.5) is 0 Å². The first kappa shape index (κ1) is 44.6. The quantitative estimate of drug-likeness (QED) is 0.146. The zero-order valence-electron chi connectivity index (χ0n) is 40.3. The normalized spacial score (nSPS) is 11.1. The molecule has 0 bridgehead atoms. The molecule has 10 heteroatoms. The zero-order chi connectivity index (χ0) is 51.3. The molecule has 76 heavy (non-hydrogen) atoms. The number of nitrogens with zero attached hydrogens (tertiary/aromatic N) is 10. The molecule has 0 fully saturated rings. The van der Waals surface area contributed by atoms with E-state index in [-0.39, 0.29) is 0 Å². The van der Waals surface area contributed by atoms with Crippen molar-refractivity contribution in [3.63, 3.8) is 0 Å². The van der Waals surface area contributed by atoms with Gasteiger partial charge in [0.15, 0.2) is 17.5 Å². The summed E-state index contributed by atoms with van der Waals surface area (Å²) in [4.78, 5) is 20.4. The second kappa shape index (κ2) is 18.4. The van der Waals surface area contributed by atoms with Crippen molar-refractivity contribution in [1.29, 1.82) is 21.0 Å². The molecule has 9 aromatic carbocycles. The SMILES string of the molecule is N#Cc1ccc(-c2ccc3c(c2)c2ccccc2n3-c2ccc(-c3nc(-c4ccccc4)nc(-c4ccccc4)n3)c(-c3cnccc3-n3c4ccccc4c4cc(-c5ccc(C#N)cc5C#N)ccc43)c2)c(C#N)c1. The summed E-state index contributed by atoms with van der Waals surface area (Å²) in [6, 6.07) is 76.8. The van der Waals surface area contributed by atoms with Crippen molar-refractivity contribution >= 4 is 43.6 Å². The van der Waals surface area contributed by atoms with E-state index in [0.29, 0.717) is 39.7 Å². The van der Waals surface area contributed by atoms with Crippen LogP contribution in [-0.4, -0.2) is 29.1 Å². The van der Waals surface area contributed by atoms with Gasteiger partial charge in [0.25, 0.3) is 0 Å². The highest BCUT2D eigenvalue weighted by molar-refractivity contribution is 6.12. The standard InChI is InChI=1S/C66H36N10/c67-36-41-19-24-50(47(31-41)38-69)45-21-27-61-56(33-45)52-15-7-9-17-59(52)75(61)49-23-26-54(66-73-64(43-11-3-1-4-12-43)72-65(74-66)44-13-5-2-6-14-44)55(35-49)58-40-71-30-29-63(58)76-60-18-10-8-16-53(60)57-34-46(22-28-62(57)76)51-25-20-42(37-68)32-48(51)39-70/h1-35,40H. The average molecular weight is 969 g/mol. The molecule has 10 nitrogen and oxygen atoms in total. The summed E-state index contributed by atoms with van der Waals surface area (Å²) in [5.74, 6) is 1.55. The molecule has 13 aromatic rings. The molecule has 0 aliphatic carbocycles. The van der Waals surface area contributed by atoms with E-state index in [0.717, 1.165) is 105 Å². The first-order valence-corrected chi connectivity index (χ1v) is 24.4. The molecule has 0 amide bonds. The minimum atomic E-state index is 0.429. The number of hydrogen-bond acceptors (Lipinski definition) is 8. The minimum absolute atomic E-state index is 0.429. The van der Waals surface area contributed by atoms with Gasteiger partial charge in [-0.1, -0.05) is 121 Å². The highest BCUT2D eigenvalue weighted by Gasteiger charge is 2.24. The predicted molar refractivity (Wildman–Crippen MR) is 298 cm³/mol. The summed E-state index contributed by atoms with van der Waals surface area (Å²) in [6.45, 7) is 0. The Labute approximate surface area is 435 Å². The average Bonchev–Trinajstić information content (AvgIpc) is 4.03. The van der Waals surface area contributed by atoms with E-state index in [1.807, 2.05) is 128 Å². The van der Waals surface area contributed by atoms with Crippen LogP contribution in [0.3, 0.4) is 0 Å². The predicted octanol–water partition coefficient (Wildman–Crippen LogP) is 14.9. The van der Waals surface area contributed by atoms with Gasteiger partial charge >= 0.3 is 0 Å². The minimum Gasteiger partial charge on any atom is -0.309 e. The lowest BCUT2D eigenvalue weighted by Crippen LogP contribution is -2.04. The van der Waals surface area contributed by atoms with Gasteiger partial charge in [-0.15, -0.1) is 0 Å².